The first-order valence-electron chi connectivity index (χ1n) is 14.3. The molecule has 1 heterocycles. The molecule has 0 saturated carbocycles. The summed E-state index contributed by atoms with van der Waals surface area (Å²) in [7, 11) is 0. The van der Waals surface area contributed by atoms with E-state index in [0.29, 0.717) is 63.7 Å². The lowest BCUT2D eigenvalue weighted by atomic mass is 10.1. The minimum Gasteiger partial charge on any atom is -0.489 e. The first kappa shape index (κ1) is 36.2. The van der Waals surface area contributed by atoms with E-state index in [-0.39, 0.29) is 28.4 Å². The molecule has 0 spiro atoms. The van der Waals surface area contributed by atoms with Crippen LogP contribution in [-0.4, -0.2) is 30.8 Å². The van der Waals surface area contributed by atoms with Gasteiger partial charge in [0.05, 0.1) is 6.61 Å². The average Bonchev–Trinajstić information content (AvgIpc) is 3.32. The molecule has 0 unspecified atom stereocenters. The maximum atomic E-state index is 11.7. The second-order valence-electron chi connectivity index (χ2n) is 10.5. The first-order valence-corrected chi connectivity index (χ1v) is 17.0. The fourth-order valence-corrected chi connectivity index (χ4v) is 6.24. The number of hydrogen-bond acceptors (Lipinski definition) is 9. The number of hydrogen-bond donors (Lipinski definition) is 0. The standard InChI is InChI=1S/C32H31Cl5N4O4S/c1-4-29(42)45-31-30(37)38-32(46-31)40-39-27-6-5-26(15-28(27)44-8-7-43-18-19(2)3)41(16-20-9-22(33)13-23(34)10-20)17-21-11-24(35)14-25(36)12-21/h5-6,9-15,19H,4,7-8,16-18H2,1-3H3/b40-39+. The van der Waals surface area contributed by atoms with Crippen LogP contribution >= 0.6 is 69.3 Å². The van der Waals surface area contributed by atoms with Gasteiger partial charge >= 0.3 is 5.97 Å². The molecule has 46 heavy (non-hydrogen) atoms. The van der Waals surface area contributed by atoms with Gasteiger partial charge in [-0.3, -0.25) is 4.79 Å². The molecular weight excluding hydrogens is 714 g/mol. The molecule has 3 aromatic carbocycles. The number of aromatic nitrogens is 1. The van der Waals surface area contributed by atoms with Crippen molar-refractivity contribution < 1.29 is 19.0 Å². The highest BCUT2D eigenvalue weighted by Gasteiger charge is 2.16. The number of rotatable bonds is 15. The van der Waals surface area contributed by atoms with Gasteiger partial charge in [-0.2, -0.15) is 0 Å². The lowest BCUT2D eigenvalue weighted by molar-refractivity contribution is -0.133. The molecule has 0 atom stereocenters. The van der Waals surface area contributed by atoms with Crippen molar-refractivity contribution in [3.8, 4) is 10.8 Å². The van der Waals surface area contributed by atoms with Gasteiger partial charge in [0.1, 0.15) is 18.0 Å². The van der Waals surface area contributed by atoms with Crippen LogP contribution < -0.4 is 14.4 Å². The van der Waals surface area contributed by atoms with Crippen molar-refractivity contribution in [1.82, 2.24) is 4.98 Å². The largest absolute Gasteiger partial charge is 0.489 e. The summed E-state index contributed by atoms with van der Waals surface area (Å²) in [5.41, 5.74) is 3.07. The van der Waals surface area contributed by atoms with Gasteiger partial charge in [0.2, 0.25) is 10.2 Å². The molecule has 244 valence electrons. The third-order valence-corrected chi connectivity index (χ3v) is 8.18. The van der Waals surface area contributed by atoms with Crippen LogP contribution in [0, 0.1) is 5.92 Å². The van der Waals surface area contributed by atoms with E-state index in [2.05, 4.69) is 34.0 Å². The van der Waals surface area contributed by atoms with Gasteiger partial charge in [-0.05, 0) is 65.6 Å². The van der Waals surface area contributed by atoms with Crippen LogP contribution in [-0.2, 0) is 22.6 Å². The second-order valence-corrected chi connectivity index (χ2v) is 13.5. The van der Waals surface area contributed by atoms with Gasteiger partial charge in [-0.15, -0.1) is 10.2 Å². The molecule has 0 aliphatic carbocycles. The Bertz CT molecular complexity index is 1590. The van der Waals surface area contributed by atoms with E-state index in [1.807, 2.05) is 36.4 Å². The SMILES string of the molecule is CCC(=O)Oc1sc(/N=N/c2ccc(N(Cc3cc(Cl)cc(Cl)c3)Cc3cc(Cl)cc(Cl)c3)cc2OCCOCC(C)C)nc1Cl. The molecular formula is C32H31Cl5N4O4S. The zero-order valence-electron chi connectivity index (χ0n) is 25.2. The molecule has 0 bridgehead atoms. The number of azo groups is 1. The van der Waals surface area contributed by atoms with E-state index in [0.717, 1.165) is 28.2 Å². The summed E-state index contributed by atoms with van der Waals surface area (Å²) in [6.07, 6.45) is 0.199. The number of benzene rings is 3. The number of esters is 1. The van der Waals surface area contributed by atoms with Crippen LogP contribution in [0.15, 0.2) is 64.8 Å². The molecule has 0 aliphatic rings. The van der Waals surface area contributed by atoms with E-state index in [1.165, 1.54) is 0 Å². The summed E-state index contributed by atoms with van der Waals surface area (Å²) in [6.45, 7) is 8.05. The Balaban J connectivity index is 1.68. The average molecular weight is 745 g/mol. The predicted molar refractivity (Wildman–Crippen MR) is 188 cm³/mol. The minimum absolute atomic E-state index is 0.0350. The van der Waals surface area contributed by atoms with Crippen LogP contribution in [0.25, 0.3) is 0 Å². The van der Waals surface area contributed by atoms with Crippen LogP contribution in [0.4, 0.5) is 16.5 Å². The molecule has 0 radical (unpaired) electrons. The number of thiazole rings is 1. The number of carbonyl (C=O) groups excluding carboxylic acids is 1. The van der Waals surface area contributed by atoms with Crippen LogP contribution in [0.1, 0.15) is 38.3 Å². The number of carbonyl (C=O) groups is 1. The van der Waals surface area contributed by atoms with Gasteiger partial charge in [0, 0.05) is 58.0 Å². The van der Waals surface area contributed by atoms with Crippen molar-refractivity contribution in [1.29, 1.82) is 0 Å². The monoisotopic (exact) mass is 742 g/mol. The number of ether oxygens (including phenoxy) is 3. The second kappa shape index (κ2) is 17.5. The highest BCUT2D eigenvalue weighted by Crippen LogP contribution is 2.39. The van der Waals surface area contributed by atoms with Gasteiger partial charge in [0.25, 0.3) is 0 Å². The topological polar surface area (TPSA) is 85.6 Å². The van der Waals surface area contributed by atoms with Crippen LogP contribution in [0.3, 0.4) is 0 Å². The fourth-order valence-electron chi connectivity index (χ4n) is 4.17. The summed E-state index contributed by atoms with van der Waals surface area (Å²) in [4.78, 5) is 18.0. The lowest BCUT2D eigenvalue weighted by Gasteiger charge is -2.26. The fraction of sp³-hybridized carbons (Fsp3) is 0.312. The first-order chi connectivity index (χ1) is 22.0. The molecule has 0 amide bonds. The van der Waals surface area contributed by atoms with E-state index in [4.69, 9.17) is 72.2 Å². The van der Waals surface area contributed by atoms with Gasteiger partial charge < -0.3 is 19.1 Å². The van der Waals surface area contributed by atoms with Crippen molar-refractivity contribution >= 4 is 91.8 Å². The molecule has 0 saturated heterocycles. The molecule has 4 aromatic rings. The van der Waals surface area contributed by atoms with Crippen molar-refractivity contribution in [3.05, 3.63) is 91.0 Å². The summed E-state index contributed by atoms with van der Waals surface area (Å²) in [6, 6.07) is 16.4. The minimum atomic E-state index is -0.426. The zero-order valence-corrected chi connectivity index (χ0v) is 29.8. The predicted octanol–water partition coefficient (Wildman–Crippen LogP) is 11.4. The smallest absolute Gasteiger partial charge is 0.311 e. The van der Waals surface area contributed by atoms with E-state index in [1.54, 1.807) is 25.1 Å². The molecule has 14 heteroatoms. The third-order valence-electron chi connectivity index (χ3n) is 6.12. The zero-order chi connectivity index (χ0) is 33.2. The molecule has 8 nitrogen and oxygen atoms in total. The van der Waals surface area contributed by atoms with Crippen LogP contribution in [0.2, 0.25) is 25.2 Å². The van der Waals surface area contributed by atoms with Gasteiger partial charge in [0.15, 0.2) is 5.15 Å². The van der Waals surface area contributed by atoms with Crippen molar-refractivity contribution in [2.45, 2.75) is 40.3 Å². The van der Waals surface area contributed by atoms with E-state index < -0.39 is 5.97 Å². The van der Waals surface area contributed by atoms with E-state index in [9.17, 15) is 4.79 Å². The van der Waals surface area contributed by atoms with Crippen molar-refractivity contribution in [2.75, 3.05) is 24.7 Å². The van der Waals surface area contributed by atoms with Gasteiger partial charge in [-0.25, -0.2) is 4.98 Å². The lowest BCUT2D eigenvalue weighted by Crippen LogP contribution is -2.22. The van der Waals surface area contributed by atoms with Crippen molar-refractivity contribution in [3.63, 3.8) is 0 Å². The third kappa shape index (κ3) is 11.3. The molecule has 0 fully saturated rings. The Morgan fingerprint density at radius 2 is 1.48 bits per heavy atom. The van der Waals surface area contributed by atoms with Crippen LogP contribution in [0.5, 0.6) is 10.8 Å². The maximum Gasteiger partial charge on any atom is 0.311 e. The summed E-state index contributed by atoms with van der Waals surface area (Å²) < 4.78 is 17.1. The number of nitrogens with zero attached hydrogens (tertiary/aromatic N) is 4. The molecule has 1 aromatic heterocycles. The number of anilines is 1. The molecule has 0 aliphatic heterocycles. The molecule has 0 N–H and O–H groups in total. The Labute approximate surface area is 297 Å². The summed E-state index contributed by atoms with van der Waals surface area (Å²) >= 11 is 32.5. The Morgan fingerprint density at radius 1 is 0.870 bits per heavy atom. The van der Waals surface area contributed by atoms with Gasteiger partial charge in [-0.1, -0.05) is 90.1 Å². The van der Waals surface area contributed by atoms with Crippen molar-refractivity contribution in [2.24, 2.45) is 16.1 Å². The summed E-state index contributed by atoms with van der Waals surface area (Å²) in [5, 5.41) is 11.2. The molecule has 4 rings (SSSR count). The Kier molecular flexibility index (Phi) is 13.8. The summed E-state index contributed by atoms with van der Waals surface area (Å²) in [5.74, 6) is 0.436. The highest BCUT2D eigenvalue weighted by molar-refractivity contribution is 7.17. The highest BCUT2D eigenvalue weighted by atomic mass is 35.5. The normalized spacial score (nSPS) is 11.4. The maximum absolute atomic E-state index is 11.7. The quantitative estimate of drug-likeness (QED) is 0.0684. The number of halogens is 5. The Hall–Kier alpha value is -2.63. The Morgan fingerprint density at radius 3 is 2.04 bits per heavy atom. The van der Waals surface area contributed by atoms with E-state index >= 15 is 0 Å².